The molecule has 1 aromatic heterocycles. The van der Waals surface area contributed by atoms with Crippen molar-refractivity contribution in [2.75, 3.05) is 26.7 Å². The molecule has 0 spiro atoms. The molecule has 1 aromatic carbocycles. The van der Waals surface area contributed by atoms with Crippen molar-refractivity contribution >= 4 is 15.9 Å². The molecule has 9 heteroatoms. The first kappa shape index (κ1) is 26.7. The highest BCUT2D eigenvalue weighted by Crippen LogP contribution is 2.28. The number of unbranched alkanes of at least 4 members (excludes halogenated alkanes) is 1. The van der Waals surface area contributed by atoms with Crippen LogP contribution in [-0.4, -0.2) is 72.5 Å². The summed E-state index contributed by atoms with van der Waals surface area (Å²) in [5.74, 6) is 5.67. The van der Waals surface area contributed by atoms with Crippen molar-refractivity contribution in [3.05, 3.63) is 53.7 Å². The zero-order chi connectivity index (χ0) is 25.6. The Morgan fingerprint density at radius 1 is 1.31 bits per heavy atom. The molecule has 8 nitrogen and oxygen atoms in total. The number of amides is 1. The average Bonchev–Trinajstić information content (AvgIpc) is 2.86. The average molecular weight is 500 g/mol. The predicted molar refractivity (Wildman–Crippen MR) is 133 cm³/mol. The highest BCUT2D eigenvalue weighted by molar-refractivity contribution is 7.89. The van der Waals surface area contributed by atoms with Gasteiger partial charge in [-0.3, -0.25) is 4.79 Å². The molecule has 3 atom stereocenters. The first-order valence-electron chi connectivity index (χ1n) is 11.8. The minimum Gasteiger partial charge on any atom is -0.472 e. The maximum Gasteiger partial charge on any atom is 0.259 e. The van der Waals surface area contributed by atoms with Crippen LogP contribution in [0.5, 0.6) is 5.88 Å². The summed E-state index contributed by atoms with van der Waals surface area (Å²) in [6.45, 7) is 5.85. The molecular formula is C26H33N3O5S. The van der Waals surface area contributed by atoms with Crippen LogP contribution in [0.25, 0.3) is 0 Å². The van der Waals surface area contributed by atoms with Crippen molar-refractivity contribution in [3.8, 4) is 17.7 Å². The largest absolute Gasteiger partial charge is 0.472 e. The topological polar surface area (TPSA) is 100 Å². The van der Waals surface area contributed by atoms with Gasteiger partial charge in [-0.25, -0.2) is 13.4 Å². The van der Waals surface area contributed by atoms with Gasteiger partial charge >= 0.3 is 0 Å². The van der Waals surface area contributed by atoms with E-state index in [4.69, 9.17) is 4.74 Å². The van der Waals surface area contributed by atoms with Crippen LogP contribution in [0.15, 0.2) is 47.5 Å². The van der Waals surface area contributed by atoms with Gasteiger partial charge < -0.3 is 14.7 Å². The number of carbonyl (C=O) groups excluding carboxylic acids is 1. The van der Waals surface area contributed by atoms with Gasteiger partial charge in [0, 0.05) is 37.7 Å². The minimum atomic E-state index is -3.73. The maximum atomic E-state index is 13.4. The summed E-state index contributed by atoms with van der Waals surface area (Å²) in [6, 6.07) is 9.44. The van der Waals surface area contributed by atoms with Gasteiger partial charge in [-0.15, -0.1) is 0 Å². The fraction of sp³-hybridized carbons (Fsp3) is 0.462. The standard InChI is InChI=1S/C26H33N3O5S/c1-5-6-8-11-21-14-23-25(27-15-21)34-24(19(2)16-29(26(23)31)20(3)18-30)17-28(4)35(32,33)22-12-9-7-10-13-22/h7,9-10,12-15,19-20,24,30H,5-6,16-18H2,1-4H3/t19-,20-,24+/m0/s1. The first-order valence-corrected chi connectivity index (χ1v) is 13.2. The number of aliphatic hydroxyl groups is 1. The molecule has 35 heavy (non-hydrogen) atoms. The number of rotatable bonds is 7. The zero-order valence-electron chi connectivity index (χ0n) is 20.6. The third-order valence-corrected chi connectivity index (χ3v) is 7.85. The fourth-order valence-corrected chi connectivity index (χ4v) is 5.01. The van der Waals surface area contributed by atoms with Gasteiger partial charge in [0.2, 0.25) is 15.9 Å². The smallest absolute Gasteiger partial charge is 0.259 e. The number of sulfonamides is 1. The Balaban J connectivity index is 1.97. The third-order valence-electron chi connectivity index (χ3n) is 6.02. The molecular weight excluding hydrogens is 466 g/mol. The van der Waals surface area contributed by atoms with E-state index in [1.165, 1.54) is 11.4 Å². The van der Waals surface area contributed by atoms with Crippen LogP contribution in [-0.2, 0) is 10.0 Å². The number of pyridine rings is 1. The Morgan fingerprint density at radius 2 is 2.03 bits per heavy atom. The van der Waals surface area contributed by atoms with E-state index in [-0.39, 0.29) is 47.9 Å². The SMILES string of the molecule is CCCC#Cc1cnc2c(c1)C(=O)N([C@@H](C)CO)C[C@H](C)[C@@H](CN(C)S(=O)(=O)c1ccccc1)O2. The van der Waals surface area contributed by atoms with Gasteiger partial charge in [0.1, 0.15) is 11.7 Å². The summed E-state index contributed by atoms with van der Waals surface area (Å²) < 4.78 is 33.6. The van der Waals surface area contributed by atoms with Crippen molar-refractivity contribution in [2.45, 2.75) is 50.7 Å². The summed E-state index contributed by atoms with van der Waals surface area (Å²) in [5.41, 5.74) is 0.846. The Labute approximate surface area is 208 Å². The van der Waals surface area contributed by atoms with Crippen LogP contribution < -0.4 is 4.74 Å². The van der Waals surface area contributed by atoms with E-state index in [9.17, 15) is 18.3 Å². The first-order chi connectivity index (χ1) is 16.7. The Morgan fingerprint density at radius 3 is 2.69 bits per heavy atom. The lowest BCUT2D eigenvalue weighted by Crippen LogP contribution is -2.50. The van der Waals surface area contributed by atoms with E-state index in [2.05, 4.69) is 16.8 Å². The lowest BCUT2D eigenvalue weighted by Gasteiger charge is -2.37. The van der Waals surface area contributed by atoms with Gasteiger partial charge in [0.15, 0.2) is 0 Å². The number of hydrogen-bond acceptors (Lipinski definition) is 6. The second-order valence-corrected chi connectivity index (χ2v) is 10.9. The Kier molecular flexibility index (Phi) is 8.89. The molecule has 0 unspecified atom stereocenters. The van der Waals surface area contributed by atoms with Crippen molar-refractivity contribution in [1.82, 2.24) is 14.2 Å². The van der Waals surface area contributed by atoms with Gasteiger partial charge in [-0.2, -0.15) is 4.31 Å². The molecule has 0 aliphatic carbocycles. The van der Waals surface area contributed by atoms with Gasteiger partial charge in [-0.1, -0.05) is 43.9 Å². The molecule has 188 valence electrons. The quantitative estimate of drug-likeness (QED) is 0.588. The van der Waals surface area contributed by atoms with E-state index >= 15 is 0 Å². The van der Waals surface area contributed by atoms with Crippen LogP contribution in [0.2, 0.25) is 0 Å². The molecule has 2 heterocycles. The van der Waals surface area contributed by atoms with Crippen LogP contribution >= 0.6 is 0 Å². The van der Waals surface area contributed by atoms with Crippen molar-refractivity contribution in [1.29, 1.82) is 0 Å². The van der Waals surface area contributed by atoms with Crippen LogP contribution in [0.1, 0.15) is 49.5 Å². The lowest BCUT2D eigenvalue weighted by molar-refractivity contribution is 0.0373. The van der Waals surface area contributed by atoms with E-state index < -0.39 is 22.2 Å². The predicted octanol–water partition coefficient (Wildman–Crippen LogP) is 2.77. The molecule has 1 aliphatic heterocycles. The molecule has 1 N–H and O–H groups in total. The molecule has 2 aromatic rings. The summed E-state index contributed by atoms with van der Waals surface area (Å²) in [7, 11) is -2.22. The van der Waals surface area contributed by atoms with Crippen molar-refractivity contribution < 1.29 is 23.1 Å². The summed E-state index contributed by atoms with van der Waals surface area (Å²) >= 11 is 0. The van der Waals surface area contributed by atoms with E-state index in [0.29, 0.717) is 5.56 Å². The number of benzene rings is 1. The second-order valence-electron chi connectivity index (χ2n) is 8.85. The number of aliphatic hydroxyl groups excluding tert-OH is 1. The summed E-state index contributed by atoms with van der Waals surface area (Å²) in [4.78, 5) is 19.6. The summed E-state index contributed by atoms with van der Waals surface area (Å²) in [6.07, 6.45) is 2.64. The van der Waals surface area contributed by atoms with Crippen molar-refractivity contribution in [3.63, 3.8) is 0 Å². The zero-order valence-corrected chi connectivity index (χ0v) is 21.5. The molecule has 1 aliphatic rings. The fourth-order valence-electron chi connectivity index (χ4n) is 3.80. The molecule has 3 rings (SSSR count). The number of carbonyl (C=O) groups is 1. The molecule has 0 fully saturated rings. The van der Waals surface area contributed by atoms with E-state index in [0.717, 1.165) is 12.8 Å². The highest BCUT2D eigenvalue weighted by Gasteiger charge is 2.35. The number of nitrogens with zero attached hydrogens (tertiary/aromatic N) is 3. The Hall–Kier alpha value is -2.93. The van der Waals surface area contributed by atoms with Gasteiger partial charge in [0.25, 0.3) is 5.91 Å². The lowest BCUT2D eigenvalue weighted by atomic mass is 10.0. The Bertz CT molecular complexity index is 1190. The third kappa shape index (κ3) is 6.20. The number of fused-ring (bicyclic) bond motifs is 1. The number of ether oxygens (including phenoxy) is 1. The normalized spacial score (nSPS) is 19.1. The van der Waals surface area contributed by atoms with Gasteiger partial charge in [-0.05, 0) is 31.5 Å². The summed E-state index contributed by atoms with van der Waals surface area (Å²) in [5, 5.41) is 9.79. The number of likely N-dealkylation sites (N-methyl/N-ethyl adjacent to an activating group) is 1. The number of aromatic nitrogens is 1. The van der Waals surface area contributed by atoms with Crippen molar-refractivity contribution in [2.24, 2.45) is 5.92 Å². The van der Waals surface area contributed by atoms with Crippen LogP contribution in [0, 0.1) is 17.8 Å². The van der Waals surface area contributed by atoms with E-state index in [1.54, 1.807) is 54.4 Å². The molecule has 0 saturated carbocycles. The van der Waals surface area contributed by atoms with Crippen LogP contribution in [0.4, 0.5) is 0 Å². The molecule has 0 radical (unpaired) electrons. The van der Waals surface area contributed by atoms with Crippen LogP contribution in [0.3, 0.4) is 0 Å². The molecule has 0 saturated heterocycles. The van der Waals surface area contributed by atoms with E-state index in [1.807, 2.05) is 13.8 Å². The molecule has 1 amide bonds. The molecule has 0 bridgehead atoms. The maximum absolute atomic E-state index is 13.4. The minimum absolute atomic E-state index is 0.0626. The highest BCUT2D eigenvalue weighted by atomic mass is 32.2. The second kappa shape index (κ2) is 11.7. The monoisotopic (exact) mass is 499 g/mol. The van der Waals surface area contributed by atoms with Gasteiger partial charge in [0.05, 0.1) is 24.1 Å². The number of hydrogen-bond donors (Lipinski definition) is 1.